The summed E-state index contributed by atoms with van der Waals surface area (Å²) in [6, 6.07) is 8.53. The Labute approximate surface area is 83.4 Å². The lowest BCUT2D eigenvalue weighted by Crippen LogP contribution is -2.38. The van der Waals surface area contributed by atoms with Gasteiger partial charge in [-0.15, -0.1) is 0 Å². The zero-order chi connectivity index (χ0) is 9.43. The molecular formula is C11H14N2O. The summed E-state index contributed by atoms with van der Waals surface area (Å²) in [6.45, 7) is 2.78. The highest BCUT2D eigenvalue weighted by atomic mass is 16.7. The van der Waals surface area contributed by atoms with Crippen LogP contribution in [0.1, 0.15) is 12.0 Å². The highest BCUT2D eigenvalue weighted by Gasteiger charge is 2.40. The fourth-order valence-corrected chi connectivity index (χ4v) is 2.43. The van der Waals surface area contributed by atoms with Gasteiger partial charge in [-0.1, -0.05) is 18.2 Å². The second-order valence-corrected chi connectivity index (χ2v) is 4.11. The number of rotatable bonds is 0. The van der Waals surface area contributed by atoms with E-state index in [0.29, 0.717) is 0 Å². The zero-order valence-electron chi connectivity index (χ0n) is 8.05. The van der Waals surface area contributed by atoms with Crippen LogP contribution in [0.2, 0.25) is 0 Å². The van der Waals surface area contributed by atoms with Crippen molar-refractivity contribution in [2.45, 2.75) is 11.8 Å². The predicted octanol–water partition coefficient (Wildman–Crippen LogP) is 1.27. The predicted molar refractivity (Wildman–Crippen MR) is 55.2 cm³/mol. The molecule has 3 nitrogen and oxygen atoms in total. The topological polar surface area (TPSA) is 33.3 Å². The van der Waals surface area contributed by atoms with Crippen molar-refractivity contribution in [3.8, 4) is 0 Å². The van der Waals surface area contributed by atoms with Crippen LogP contribution in [0, 0.1) is 0 Å². The molecule has 1 aromatic carbocycles. The summed E-state index contributed by atoms with van der Waals surface area (Å²) in [4.78, 5) is 5.32. The molecule has 74 valence electrons. The lowest BCUT2D eigenvalue weighted by Gasteiger charge is -2.34. The van der Waals surface area contributed by atoms with Gasteiger partial charge in [0, 0.05) is 24.2 Å². The number of nitrogens with one attached hydrogen (secondary N) is 2. The summed E-state index contributed by atoms with van der Waals surface area (Å²) >= 11 is 0. The van der Waals surface area contributed by atoms with Crippen molar-refractivity contribution in [2.24, 2.45) is 0 Å². The normalized spacial score (nSPS) is 30.0. The quantitative estimate of drug-likeness (QED) is 0.646. The third-order valence-corrected chi connectivity index (χ3v) is 3.28. The van der Waals surface area contributed by atoms with Crippen molar-refractivity contribution in [1.82, 2.24) is 5.48 Å². The molecular weight excluding hydrogens is 176 g/mol. The van der Waals surface area contributed by atoms with Crippen LogP contribution in [-0.2, 0) is 10.3 Å². The molecule has 3 rings (SSSR count). The summed E-state index contributed by atoms with van der Waals surface area (Å²) in [6.07, 6.45) is 1.15. The first-order chi connectivity index (χ1) is 6.91. The standard InChI is InChI=1S/C11H14N2O/c1-2-4-10-9(3-1)11(5-6-12-10)7-13-14-8-11/h1-4,12-13H,5-8H2. The number of benzene rings is 1. The van der Waals surface area contributed by atoms with Crippen molar-refractivity contribution >= 4 is 5.69 Å². The molecule has 0 radical (unpaired) electrons. The van der Waals surface area contributed by atoms with Crippen molar-refractivity contribution < 1.29 is 4.84 Å². The Hall–Kier alpha value is -1.06. The van der Waals surface area contributed by atoms with Gasteiger partial charge in [-0.2, -0.15) is 0 Å². The Morgan fingerprint density at radius 1 is 1.29 bits per heavy atom. The molecule has 2 heterocycles. The summed E-state index contributed by atoms with van der Waals surface area (Å²) in [5.74, 6) is 0. The molecule has 0 amide bonds. The van der Waals surface area contributed by atoms with Gasteiger partial charge in [0.1, 0.15) is 0 Å². The Bertz CT molecular complexity index is 345. The average Bonchev–Trinajstić information content (AvgIpc) is 2.68. The first-order valence-electron chi connectivity index (χ1n) is 5.09. The van der Waals surface area contributed by atoms with Crippen molar-refractivity contribution in [3.05, 3.63) is 29.8 Å². The third-order valence-electron chi connectivity index (χ3n) is 3.28. The Kier molecular flexibility index (Phi) is 1.75. The largest absolute Gasteiger partial charge is 0.385 e. The van der Waals surface area contributed by atoms with E-state index in [1.807, 2.05) is 0 Å². The molecule has 14 heavy (non-hydrogen) atoms. The second kappa shape index (κ2) is 2.97. The molecule has 2 aliphatic heterocycles. The monoisotopic (exact) mass is 190 g/mol. The zero-order valence-corrected chi connectivity index (χ0v) is 8.05. The van der Waals surface area contributed by atoms with E-state index in [9.17, 15) is 0 Å². The maximum absolute atomic E-state index is 5.32. The van der Waals surface area contributed by atoms with Crippen LogP contribution in [0.3, 0.4) is 0 Å². The van der Waals surface area contributed by atoms with E-state index in [1.54, 1.807) is 0 Å². The Morgan fingerprint density at radius 2 is 2.21 bits per heavy atom. The lowest BCUT2D eigenvalue weighted by molar-refractivity contribution is 0.0928. The molecule has 1 atom stereocenters. The minimum absolute atomic E-state index is 0.210. The molecule has 1 aromatic rings. The van der Waals surface area contributed by atoms with E-state index in [2.05, 4.69) is 35.1 Å². The third kappa shape index (κ3) is 1.06. The van der Waals surface area contributed by atoms with Crippen LogP contribution in [-0.4, -0.2) is 19.7 Å². The van der Waals surface area contributed by atoms with E-state index in [0.717, 1.165) is 26.1 Å². The van der Waals surface area contributed by atoms with E-state index in [4.69, 9.17) is 4.84 Å². The van der Waals surface area contributed by atoms with Crippen LogP contribution in [0.5, 0.6) is 0 Å². The maximum atomic E-state index is 5.32. The smallest absolute Gasteiger partial charge is 0.0793 e. The van der Waals surface area contributed by atoms with Gasteiger partial charge in [-0.25, -0.2) is 5.48 Å². The molecule has 1 spiro atoms. The van der Waals surface area contributed by atoms with E-state index in [1.165, 1.54) is 11.3 Å². The number of hydrogen-bond donors (Lipinski definition) is 2. The maximum Gasteiger partial charge on any atom is 0.0793 e. The summed E-state index contributed by atoms with van der Waals surface area (Å²) in [7, 11) is 0. The molecule has 0 aromatic heterocycles. The summed E-state index contributed by atoms with van der Waals surface area (Å²) in [5.41, 5.74) is 5.87. The summed E-state index contributed by atoms with van der Waals surface area (Å²) < 4.78 is 0. The average molecular weight is 190 g/mol. The van der Waals surface area contributed by atoms with Gasteiger partial charge in [0.25, 0.3) is 0 Å². The van der Waals surface area contributed by atoms with Crippen LogP contribution < -0.4 is 10.8 Å². The number of hydroxylamine groups is 1. The van der Waals surface area contributed by atoms with Crippen molar-refractivity contribution in [3.63, 3.8) is 0 Å². The first-order valence-corrected chi connectivity index (χ1v) is 5.09. The SMILES string of the molecule is c1ccc2c(c1)NCCC21CNOC1. The van der Waals surface area contributed by atoms with Crippen LogP contribution in [0.25, 0.3) is 0 Å². The summed E-state index contributed by atoms with van der Waals surface area (Å²) in [5, 5.41) is 3.43. The van der Waals surface area contributed by atoms with Gasteiger partial charge in [0.15, 0.2) is 0 Å². The van der Waals surface area contributed by atoms with Gasteiger partial charge in [0.2, 0.25) is 0 Å². The van der Waals surface area contributed by atoms with Gasteiger partial charge in [0.05, 0.1) is 6.61 Å². The van der Waals surface area contributed by atoms with E-state index in [-0.39, 0.29) is 5.41 Å². The van der Waals surface area contributed by atoms with Crippen molar-refractivity contribution in [2.75, 3.05) is 25.0 Å². The fraction of sp³-hybridized carbons (Fsp3) is 0.455. The number of fused-ring (bicyclic) bond motifs is 2. The van der Waals surface area contributed by atoms with Crippen LogP contribution >= 0.6 is 0 Å². The van der Waals surface area contributed by atoms with Crippen molar-refractivity contribution in [1.29, 1.82) is 0 Å². The molecule has 2 N–H and O–H groups in total. The van der Waals surface area contributed by atoms with E-state index < -0.39 is 0 Å². The fourth-order valence-electron chi connectivity index (χ4n) is 2.43. The van der Waals surface area contributed by atoms with Crippen LogP contribution in [0.15, 0.2) is 24.3 Å². The second-order valence-electron chi connectivity index (χ2n) is 4.11. The highest BCUT2D eigenvalue weighted by molar-refractivity contribution is 5.57. The Morgan fingerprint density at radius 3 is 3.07 bits per heavy atom. The van der Waals surface area contributed by atoms with Crippen LogP contribution in [0.4, 0.5) is 5.69 Å². The molecule has 0 bridgehead atoms. The molecule has 3 heteroatoms. The van der Waals surface area contributed by atoms with Gasteiger partial charge in [-0.05, 0) is 18.1 Å². The minimum Gasteiger partial charge on any atom is -0.385 e. The highest BCUT2D eigenvalue weighted by Crippen LogP contribution is 2.38. The number of hydrogen-bond acceptors (Lipinski definition) is 3. The number of para-hydroxylation sites is 1. The molecule has 1 fully saturated rings. The number of anilines is 1. The van der Waals surface area contributed by atoms with Gasteiger partial charge >= 0.3 is 0 Å². The molecule has 0 saturated carbocycles. The molecule has 1 saturated heterocycles. The lowest BCUT2D eigenvalue weighted by atomic mass is 9.76. The molecule has 0 aliphatic carbocycles. The van der Waals surface area contributed by atoms with Gasteiger partial charge in [-0.3, -0.25) is 0 Å². The van der Waals surface area contributed by atoms with Gasteiger partial charge < -0.3 is 10.2 Å². The Balaban J connectivity index is 2.10. The first kappa shape index (κ1) is 8.26. The van der Waals surface area contributed by atoms with E-state index >= 15 is 0 Å². The molecule has 2 aliphatic rings. The molecule has 1 unspecified atom stereocenters. The minimum atomic E-state index is 0.210.